The Morgan fingerprint density at radius 1 is 1.12 bits per heavy atom. The molecule has 2 fully saturated rings. The van der Waals surface area contributed by atoms with Gasteiger partial charge in [-0.1, -0.05) is 0 Å². The van der Waals surface area contributed by atoms with Gasteiger partial charge in [0.15, 0.2) is 0 Å². The summed E-state index contributed by atoms with van der Waals surface area (Å²) in [7, 11) is 1.67. The largest absolute Gasteiger partial charge is 0.497 e. The predicted octanol–water partition coefficient (Wildman–Crippen LogP) is 2.63. The SMILES string of the molecule is COc1ccc(N2CCN(C(=O)c3cc(NC4CC4)ccn3)CC2)cc1. The van der Waals surface area contributed by atoms with E-state index < -0.39 is 0 Å². The topological polar surface area (TPSA) is 57.7 Å². The Hall–Kier alpha value is -2.76. The zero-order chi connectivity index (χ0) is 17.9. The summed E-state index contributed by atoms with van der Waals surface area (Å²) in [5, 5.41) is 3.42. The van der Waals surface area contributed by atoms with Crippen molar-refractivity contribution < 1.29 is 9.53 Å². The monoisotopic (exact) mass is 352 g/mol. The van der Waals surface area contributed by atoms with Gasteiger partial charge in [-0.15, -0.1) is 0 Å². The van der Waals surface area contributed by atoms with Crippen molar-refractivity contribution in [2.75, 3.05) is 43.5 Å². The number of ether oxygens (including phenoxy) is 1. The molecule has 1 aliphatic heterocycles. The number of carbonyl (C=O) groups is 1. The van der Waals surface area contributed by atoms with E-state index in [4.69, 9.17) is 4.74 Å². The molecule has 1 N–H and O–H groups in total. The van der Waals surface area contributed by atoms with E-state index >= 15 is 0 Å². The molecular formula is C20H24N4O2. The van der Waals surface area contributed by atoms with Crippen LogP contribution in [0.2, 0.25) is 0 Å². The molecule has 1 amide bonds. The van der Waals surface area contributed by atoms with Crippen LogP contribution in [0.5, 0.6) is 5.75 Å². The molecule has 1 aromatic heterocycles. The maximum Gasteiger partial charge on any atom is 0.272 e. The van der Waals surface area contributed by atoms with E-state index in [2.05, 4.69) is 27.3 Å². The third-order valence-electron chi connectivity index (χ3n) is 4.93. The molecule has 0 radical (unpaired) electrons. The Kier molecular flexibility index (Phi) is 4.65. The lowest BCUT2D eigenvalue weighted by molar-refractivity contribution is 0.0741. The molecule has 2 aromatic rings. The molecule has 4 rings (SSSR count). The van der Waals surface area contributed by atoms with Gasteiger partial charge >= 0.3 is 0 Å². The molecular weight excluding hydrogens is 328 g/mol. The number of hydrogen-bond donors (Lipinski definition) is 1. The van der Waals surface area contributed by atoms with Crippen molar-refractivity contribution in [1.29, 1.82) is 0 Å². The molecule has 1 saturated carbocycles. The number of anilines is 2. The fraction of sp³-hybridized carbons (Fsp3) is 0.400. The van der Waals surface area contributed by atoms with E-state index in [1.165, 1.54) is 12.8 Å². The number of aromatic nitrogens is 1. The number of pyridine rings is 1. The molecule has 0 atom stereocenters. The molecule has 1 aliphatic carbocycles. The fourth-order valence-corrected chi connectivity index (χ4v) is 3.22. The van der Waals surface area contributed by atoms with Crippen molar-refractivity contribution in [3.63, 3.8) is 0 Å². The second-order valence-corrected chi connectivity index (χ2v) is 6.83. The number of nitrogens with zero attached hydrogens (tertiary/aromatic N) is 3. The highest BCUT2D eigenvalue weighted by Crippen LogP contribution is 2.25. The lowest BCUT2D eigenvalue weighted by atomic mass is 10.2. The first-order valence-electron chi connectivity index (χ1n) is 9.14. The van der Waals surface area contributed by atoms with Crippen molar-refractivity contribution >= 4 is 17.3 Å². The molecule has 0 bridgehead atoms. The maximum atomic E-state index is 12.8. The average molecular weight is 352 g/mol. The van der Waals surface area contributed by atoms with Crippen molar-refractivity contribution in [3.8, 4) is 5.75 Å². The van der Waals surface area contributed by atoms with E-state index in [0.29, 0.717) is 24.8 Å². The highest BCUT2D eigenvalue weighted by atomic mass is 16.5. The quantitative estimate of drug-likeness (QED) is 0.896. The van der Waals surface area contributed by atoms with E-state index in [1.807, 2.05) is 29.2 Å². The van der Waals surface area contributed by atoms with Gasteiger partial charge in [-0.05, 0) is 49.2 Å². The summed E-state index contributed by atoms with van der Waals surface area (Å²) in [6.07, 6.45) is 4.13. The minimum atomic E-state index is 0.0128. The minimum absolute atomic E-state index is 0.0128. The van der Waals surface area contributed by atoms with Gasteiger partial charge in [0.25, 0.3) is 5.91 Å². The van der Waals surface area contributed by atoms with Crippen molar-refractivity contribution in [2.45, 2.75) is 18.9 Å². The number of piperazine rings is 1. The number of hydrogen-bond acceptors (Lipinski definition) is 5. The first kappa shape index (κ1) is 16.7. The van der Waals surface area contributed by atoms with Crippen molar-refractivity contribution in [3.05, 3.63) is 48.3 Å². The summed E-state index contributed by atoms with van der Waals surface area (Å²) in [5.74, 6) is 0.868. The van der Waals surface area contributed by atoms with Gasteiger partial charge in [0.05, 0.1) is 7.11 Å². The molecule has 0 unspecified atom stereocenters. The maximum absolute atomic E-state index is 12.8. The smallest absolute Gasteiger partial charge is 0.272 e. The second-order valence-electron chi connectivity index (χ2n) is 6.83. The van der Waals surface area contributed by atoms with Gasteiger partial charge in [-0.2, -0.15) is 0 Å². The van der Waals surface area contributed by atoms with Crippen LogP contribution in [-0.2, 0) is 0 Å². The Morgan fingerprint density at radius 3 is 2.50 bits per heavy atom. The van der Waals surface area contributed by atoms with Crippen molar-refractivity contribution in [2.24, 2.45) is 0 Å². The zero-order valence-electron chi connectivity index (χ0n) is 15.0. The number of amides is 1. The summed E-state index contributed by atoms with van der Waals surface area (Å²) in [6.45, 7) is 3.04. The van der Waals surface area contributed by atoms with Crippen LogP contribution < -0.4 is 15.0 Å². The van der Waals surface area contributed by atoms with Crippen LogP contribution in [0.4, 0.5) is 11.4 Å². The predicted molar refractivity (Wildman–Crippen MR) is 102 cm³/mol. The summed E-state index contributed by atoms with van der Waals surface area (Å²) in [5.41, 5.74) is 2.67. The van der Waals surface area contributed by atoms with Crippen LogP contribution >= 0.6 is 0 Å². The van der Waals surface area contributed by atoms with E-state index in [-0.39, 0.29) is 5.91 Å². The standard InChI is InChI=1S/C20H24N4O2/c1-26-18-6-4-17(5-7-18)23-10-12-24(13-11-23)20(25)19-14-16(8-9-21-19)22-15-2-3-15/h4-9,14-15H,2-3,10-13H2,1H3,(H,21,22). The minimum Gasteiger partial charge on any atom is -0.497 e. The molecule has 2 aliphatic rings. The van der Waals surface area contributed by atoms with Gasteiger partial charge in [0, 0.05) is 49.8 Å². The lowest BCUT2D eigenvalue weighted by Gasteiger charge is -2.36. The Bertz CT molecular complexity index is 766. The molecule has 136 valence electrons. The summed E-state index contributed by atoms with van der Waals surface area (Å²) in [4.78, 5) is 21.2. The number of rotatable bonds is 5. The third-order valence-corrected chi connectivity index (χ3v) is 4.93. The van der Waals surface area contributed by atoms with E-state index in [0.717, 1.165) is 30.2 Å². The second kappa shape index (κ2) is 7.23. The van der Waals surface area contributed by atoms with E-state index in [9.17, 15) is 4.79 Å². The number of benzene rings is 1. The summed E-state index contributed by atoms with van der Waals surface area (Å²) >= 11 is 0. The summed E-state index contributed by atoms with van der Waals surface area (Å²) < 4.78 is 5.21. The van der Waals surface area contributed by atoms with Crippen LogP contribution in [0.1, 0.15) is 23.3 Å². The van der Waals surface area contributed by atoms with Gasteiger partial charge in [0.1, 0.15) is 11.4 Å². The molecule has 1 aromatic carbocycles. The normalized spacial score (nSPS) is 17.1. The van der Waals surface area contributed by atoms with Crippen LogP contribution in [-0.4, -0.2) is 55.1 Å². The van der Waals surface area contributed by atoms with Crippen LogP contribution in [0.15, 0.2) is 42.6 Å². The molecule has 26 heavy (non-hydrogen) atoms. The lowest BCUT2D eigenvalue weighted by Crippen LogP contribution is -2.49. The molecule has 2 heterocycles. The fourth-order valence-electron chi connectivity index (χ4n) is 3.22. The highest BCUT2D eigenvalue weighted by Gasteiger charge is 2.24. The van der Waals surface area contributed by atoms with Gasteiger partial charge in [-0.3, -0.25) is 9.78 Å². The van der Waals surface area contributed by atoms with Crippen LogP contribution in [0, 0.1) is 0 Å². The first-order valence-corrected chi connectivity index (χ1v) is 9.14. The van der Waals surface area contributed by atoms with Gasteiger partial charge in [0.2, 0.25) is 0 Å². The average Bonchev–Trinajstić information content (AvgIpc) is 3.52. The Balaban J connectivity index is 1.36. The highest BCUT2D eigenvalue weighted by molar-refractivity contribution is 5.93. The zero-order valence-corrected chi connectivity index (χ0v) is 15.0. The molecule has 0 spiro atoms. The van der Waals surface area contributed by atoms with Crippen LogP contribution in [0.3, 0.4) is 0 Å². The van der Waals surface area contributed by atoms with Crippen LogP contribution in [0.25, 0.3) is 0 Å². The van der Waals surface area contributed by atoms with E-state index in [1.54, 1.807) is 13.3 Å². The van der Waals surface area contributed by atoms with Gasteiger partial charge < -0.3 is 19.9 Å². The molecule has 1 saturated heterocycles. The Morgan fingerprint density at radius 2 is 1.85 bits per heavy atom. The molecule has 6 nitrogen and oxygen atoms in total. The Labute approximate surface area is 153 Å². The number of methoxy groups -OCH3 is 1. The summed E-state index contributed by atoms with van der Waals surface area (Å²) in [6, 6.07) is 12.4. The number of carbonyl (C=O) groups excluding carboxylic acids is 1. The van der Waals surface area contributed by atoms with Gasteiger partial charge in [-0.25, -0.2) is 0 Å². The number of nitrogens with one attached hydrogen (secondary N) is 1. The third kappa shape index (κ3) is 3.74. The first-order chi connectivity index (χ1) is 12.7. The van der Waals surface area contributed by atoms with Crippen molar-refractivity contribution in [1.82, 2.24) is 9.88 Å². The molecule has 6 heteroatoms.